The van der Waals surface area contributed by atoms with Crippen molar-refractivity contribution < 1.29 is 24.2 Å². The Morgan fingerprint density at radius 1 is 0.952 bits per heavy atom. The smallest absolute Gasteiger partial charge is 0.323 e. The molecule has 0 spiro atoms. The summed E-state index contributed by atoms with van der Waals surface area (Å²) in [5.41, 5.74) is 2.88. The molecule has 0 unspecified atom stereocenters. The Labute approximate surface area is 252 Å². The second kappa shape index (κ2) is 13.1. The normalized spacial score (nSPS) is 11.4. The standard InChI is InChI=1S/C32H31N3O5S2/c1-3-32(4-2,30(36)37)31(38)40-19-24-18-35(34-28(24)27-11-8-16-41-27)17-22-12-14-26(15-13-22)39-20-25-21-42-29(33-25)23-9-6-5-7-10-23/h5-16,18,21H,3-4,17,19-20H2,1-2H3,(H,36,37). The highest BCUT2D eigenvalue weighted by atomic mass is 32.1. The SMILES string of the molecule is CCC(CC)(C(=O)O)C(=O)OCc1cn(Cc2ccc(OCc3csc(-c4ccccc4)n3)cc2)nc1-c1cccs1. The quantitative estimate of drug-likeness (QED) is 0.112. The highest BCUT2D eigenvalue weighted by Gasteiger charge is 2.44. The zero-order chi connectivity index (χ0) is 29.5. The molecule has 2 aromatic carbocycles. The van der Waals surface area contributed by atoms with Gasteiger partial charge < -0.3 is 14.6 Å². The van der Waals surface area contributed by atoms with Gasteiger partial charge in [0.05, 0.1) is 17.1 Å². The molecule has 0 bridgehead atoms. The van der Waals surface area contributed by atoms with Gasteiger partial charge in [-0.3, -0.25) is 14.3 Å². The van der Waals surface area contributed by atoms with E-state index >= 15 is 0 Å². The zero-order valence-corrected chi connectivity index (χ0v) is 25.0. The summed E-state index contributed by atoms with van der Waals surface area (Å²) >= 11 is 3.14. The van der Waals surface area contributed by atoms with Gasteiger partial charge in [0.1, 0.15) is 29.7 Å². The average Bonchev–Trinajstić information content (AvgIpc) is 3.79. The molecule has 0 saturated heterocycles. The van der Waals surface area contributed by atoms with Gasteiger partial charge in [0, 0.05) is 22.7 Å². The van der Waals surface area contributed by atoms with E-state index in [0.717, 1.165) is 38.0 Å². The van der Waals surface area contributed by atoms with Gasteiger partial charge in [-0.25, -0.2) is 4.98 Å². The van der Waals surface area contributed by atoms with Gasteiger partial charge in [0.15, 0.2) is 5.41 Å². The fraction of sp³-hybridized carbons (Fsp3) is 0.250. The first-order valence-electron chi connectivity index (χ1n) is 13.6. The molecular formula is C32H31N3O5S2. The van der Waals surface area contributed by atoms with Crippen molar-refractivity contribution >= 4 is 34.6 Å². The highest BCUT2D eigenvalue weighted by molar-refractivity contribution is 7.13. The van der Waals surface area contributed by atoms with Gasteiger partial charge in [0.2, 0.25) is 0 Å². The largest absolute Gasteiger partial charge is 0.487 e. The summed E-state index contributed by atoms with van der Waals surface area (Å²) in [7, 11) is 0. The molecule has 0 amide bonds. The minimum Gasteiger partial charge on any atom is -0.487 e. The first-order chi connectivity index (χ1) is 20.4. The lowest BCUT2D eigenvalue weighted by Gasteiger charge is -2.24. The van der Waals surface area contributed by atoms with Crippen LogP contribution in [0.15, 0.2) is 83.7 Å². The number of hydrogen-bond donors (Lipinski definition) is 1. The summed E-state index contributed by atoms with van der Waals surface area (Å²) in [5.74, 6) is -1.15. The lowest BCUT2D eigenvalue weighted by molar-refractivity contribution is -0.170. The summed E-state index contributed by atoms with van der Waals surface area (Å²) < 4.78 is 13.3. The van der Waals surface area contributed by atoms with Crippen molar-refractivity contribution in [3.05, 3.63) is 101 Å². The van der Waals surface area contributed by atoms with Crippen LogP contribution in [0.2, 0.25) is 0 Å². The van der Waals surface area contributed by atoms with Crippen LogP contribution in [-0.4, -0.2) is 31.8 Å². The predicted molar refractivity (Wildman–Crippen MR) is 163 cm³/mol. The first-order valence-corrected chi connectivity index (χ1v) is 15.4. The second-order valence-electron chi connectivity index (χ2n) is 9.79. The molecule has 3 heterocycles. The molecule has 3 aromatic heterocycles. The minimum absolute atomic E-state index is 0.0590. The van der Waals surface area contributed by atoms with Crippen molar-refractivity contribution in [2.24, 2.45) is 5.41 Å². The van der Waals surface area contributed by atoms with Crippen LogP contribution in [0.5, 0.6) is 5.75 Å². The van der Waals surface area contributed by atoms with Gasteiger partial charge in [-0.2, -0.15) is 5.10 Å². The fourth-order valence-corrected chi connectivity index (χ4v) is 6.16. The Bertz CT molecular complexity index is 1620. The summed E-state index contributed by atoms with van der Waals surface area (Å²) in [5, 5.41) is 19.4. The van der Waals surface area contributed by atoms with Crippen molar-refractivity contribution in [1.29, 1.82) is 0 Å². The molecule has 0 radical (unpaired) electrons. The lowest BCUT2D eigenvalue weighted by atomic mass is 9.82. The number of thiophene rings is 1. The molecule has 8 nitrogen and oxygen atoms in total. The Morgan fingerprint density at radius 3 is 2.38 bits per heavy atom. The van der Waals surface area contributed by atoms with Gasteiger partial charge in [-0.15, -0.1) is 22.7 Å². The number of carboxylic acids is 1. The maximum atomic E-state index is 12.8. The van der Waals surface area contributed by atoms with Gasteiger partial charge >= 0.3 is 11.9 Å². The molecule has 0 aliphatic carbocycles. The van der Waals surface area contributed by atoms with Crippen LogP contribution in [0.1, 0.15) is 43.5 Å². The van der Waals surface area contributed by atoms with Crippen LogP contribution in [0.25, 0.3) is 21.1 Å². The number of thiazole rings is 1. The molecule has 0 atom stereocenters. The van der Waals surface area contributed by atoms with Crippen LogP contribution >= 0.6 is 22.7 Å². The van der Waals surface area contributed by atoms with E-state index in [9.17, 15) is 14.7 Å². The van der Waals surface area contributed by atoms with Crippen LogP contribution < -0.4 is 4.74 Å². The Balaban J connectivity index is 1.24. The molecule has 10 heteroatoms. The lowest BCUT2D eigenvalue weighted by Crippen LogP contribution is -2.39. The molecule has 0 aliphatic heterocycles. The van der Waals surface area contributed by atoms with Gasteiger partial charge in [-0.1, -0.05) is 62.4 Å². The third kappa shape index (κ3) is 6.45. The topological polar surface area (TPSA) is 104 Å². The van der Waals surface area contributed by atoms with E-state index in [1.807, 2.05) is 83.7 Å². The monoisotopic (exact) mass is 601 g/mol. The van der Waals surface area contributed by atoms with Crippen molar-refractivity contribution in [2.45, 2.75) is 46.4 Å². The maximum Gasteiger partial charge on any atom is 0.323 e. The molecule has 0 fully saturated rings. The number of ether oxygens (including phenoxy) is 2. The number of carbonyl (C=O) groups excluding carboxylic acids is 1. The van der Waals surface area contributed by atoms with Crippen molar-refractivity contribution in [2.75, 3.05) is 0 Å². The van der Waals surface area contributed by atoms with E-state index < -0.39 is 17.4 Å². The number of aliphatic carboxylic acids is 1. The van der Waals surface area contributed by atoms with Crippen LogP contribution in [0.4, 0.5) is 0 Å². The molecular weight excluding hydrogens is 571 g/mol. The molecule has 216 valence electrons. The predicted octanol–water partition coefficient (Wildman–Crippen LogP) is 7.30. The molecule has 0 aliphatic rings. The third-order valence-electron chi connectivity index (χ3n) is 7.19. The molecule has 5 aromatic rings. The fourth-order valence-electron chi connectivity index (χ4n) is 4.60. The van der Waals surface area contributed by atoms with Gasteiger partial charge in [-0.05, 0) is 42.0 Å². The van der Waals surface area contributed by atoms with Crippen LogP contribution in [0.3, 0.4) is 0 Å². The number of carbonyl (C=O) groups is 2. The van der Waals surface area contributed by atoms with Crippen molar-refractivity contribution in [3.8, 4) is 26.9 Å². The number of nitrogens with zero attached hydrogens (tertiary/aromatic N) is 3. The van der Waals surface area contributed by atoms with E-state index in [1.165, 1.54) is 11.3 Å². The first kappa shape index (κ1) is 29.2. The van der Waals surface area contributed by atoms with E-state index in [1.54, 1.807) is 29.9 Å². The molecule has 1 N–H and O–H groups in total. The summed E-state index contributed by atoms with van der Waals surface area (Å²) in [6, 6.07) is 21.8. The summed E-state index contributed by atoms with van der Waals surface area (Å²) in [6.07, 6.45) is 2.17. The van der Waals surface area contributed by atoms with E-state index in [2.05, 4.69) is 4.98 Å². The molecule has 5 rings (SSSR count). The van der Waals surface area contributed by atoms with Crippen molar-refractivity contribution in [1.82, 2.24) is 14.8 Å². The Morgan fingerprint density at radius 2 is 1.71 bits per heavy atom. The van der Waals surface area contributed by atoms with E-state index in [-0.39, 0.29) is 19.4 Å². The van der Waals surface area contributed by atoms with Crippen LogP contribution in [0, 0.1) is 5.41 Å². The number of aromatic nitrogens is 3. The van der Waals surface area contributed by atoms with E-state index in [4.69, 9.17) is 14.6 Å². The van der Waals surface area contributed by atoms with Crippen molar-refractivity contribution in [3.63, 3.8) is 0 Å². The Hall–Kier alpha value is -4.28. The average molecular weight is 602 g/mol. The molecule has 0 saturated carbocycles. The third-order valence-corrected chi connectivity index (χ3v) is 9.00. The summed E-state index contributed by atoms with van der Waals surface area (Å²) in [6.45, 7) is 4.20. The summed E-state index contributed by atoms with van der Waals surface area (Å²) in [4.78, 5) is 30.3. The zero-order valence-electron chi connectivity index (χ0n) is 23.4. The van der Waals surface area contributed by atoms with Crippen LogP contribution in [-0.2, 0) is 34.1 Å². The number of rotatable bonds is 13. The number of benzene rings is 2. The maximum absolute atomic E-state index is 12.8. The van der Waals surface area contributed by atoms with E-state index in [0.29, 0.717) is 18.8 Å². The number of esters is 1. The highest BCUT2D eigenvalue weighted by Crippen LogP contribution is 2.31. The second-order valence-corrected chi connectivity index (χ2v) is 11.6. The molecule has 42 heavy (non-hydrogen) atoms. The Kier molecular flexibility index (Phi) is 9.14. The van der Waals surface area contributed by atoms with Gasteiger partial charge in [0.25, 0.3) is 0 Å². The number of carboxylic acid groups (broad SMARTS) is 1. The number of hydrogen-bond acceptors (Lipinski definition) is 8. The minimum atomic E-state index is -1.55.